The quantitative estimate of drug-likeness (QED) is 0.604. The fraction of sp³-hybridized carbons (Fsp3) is 0.733. The number of alkyl halides is 1. The Morgan fingerprint density at radius 1 is 1.31 bits per heavy atom. The molecule has 0 nitrogen and oxygen atoms in total. The van der Waals surface area contributed by atoms with Crippen LogP contribution >= 0.6 is 0 Å². The molecule has 2 aliphatic rings. The maximum absolute atomic E-state index is 14.0. The molecule has 0 heterocycles. The van der Waals surface area contributed by atoms with Crippen LogP contribution in [0.5, 0.6) is 0 Å². The second-order valence-electron chi connectivity index (χ2n) is 6.08. The van der Waals surface area contributed by atoms with Gasteiger partial charge in [0.05, 0.1) is 0 Å². The Morgan fingerprint density at radius 2 is 2.00 bits per heavy atom. The lowest BCUT2D eigenvalue weighted by Crippen LogP contribution is -2.34. The first-order valence-electron chi connectivity index (χ1n) is 6.45. The first-order valence-corrected chi connectivity index (χ1v) is 6.45. The van der Waals surface area contributed by atoms with E-state index < -0.39 is 5.67 Å². The third-order valence-electron chi connectivity index (χ3n) is 4.65. The lowest BCUT2D eigenvalue weighted by molar-refractivity contribution is 0.0821. The third-order valence-corrected chi connectivity index (χ3v) is 4.65. The van der Waals surface area contributed by atoms with Crippen molar-refractivity contribution in [3.05, 3.63) is 23.3 Å². The highest BCUT2D eigenvalue weighted by atomic mass is 19.1. The SMILES string of the molecule is CC1=CC=C2CCC(C(C)(C)F)CC2C1C. The summed E-state index contributed by atoms with van der Waals surface area (Å²) in [6, 6.07) is 0. The number of allylic oxidation sites excluding steroid dienone is 4. The Kier molecular flexibility index (Phi) is 2.98. The van der Waals surface area contributed by atoms with Gasteiger partial charge in [0.25, 0.3) is 0 Å². The number of rotatable bonds is 1. The second-order valence-corrected chi connectivity index (χ2v) is 6.08. The molecule has 0 aromatic carbocycles. The highest BCUT2D eigenvalue weighted by molar-refractivity contribution is 5.29. The van der Waals surface area contributed by atoms with E-state index >= 15 is 0 Å². The summed E-state index contributed by atoms with van der Waals surface area (Å²) in [5, 5.41) is 0. The van der Waals surface area contributed by atoms with Gasteiger partial charge in [0.15, 0.2) is 0 Å². The predicted molar refractivity (Wildman–Crippen MR) is 67.0 cm³/mol. The summed E-state index contributed by atoms with van der Waals surface area (Å²) in [6.45, 7) is 7.96. The maximum atomic E-state index is 14.0. The van der Waals surface area contributed by atoms with Crippen molar-refractivity contribution in [3.63, 3.8) is 0 Å². The summed E-state index contributed by atoms with van der Waals surface area (Å²) in [5.41, 5.74) is 1.99. The normalized spacial score (nSPS) is 35.2. The molecule has 2 aliphatic carbocycles. The topological polar surface area (TPSA) is 0 Å². The van der Waals surface area contributed by atoms with Crippen LogP contribution in [0.2, 0.25) is 0 Å². The van der Waals surface area contributed by atoms with Crippen LogP contribution in [0.25, 0.3) is 0 Å². The van der Waals surface area contributed by atoms with E-state index in [4.69, 9.17) is 0 Å². The molecule has 0 radical (unpaired) electrons. The zero-order valence-electron chi connectivity index (χ0n) is 10.9. The minimum atomic E-state index is -1.01. The van der Waals surface area contributed by atoms with Gasteiger partial charge in [-0.3, -0.25) is 0 Å². The minimum absolute atomic E-state index is 0.239. The minimum Gasteiger partial charge on any atom is -0.244 e. The van der Waals surface area contributed by atoms with Crippen LogP contribution in [0.15, 0.2) is 23.3 Å². The largest absolute Gasteiger partial charge is 0.244 e. The Labute approximate surface area is 98.6 Å². The van der Waals surface area contributed by atoms with Crippen LogP contribution in [0.4, 0.5) is 4.39 Å². The summed E-state index contributed by atoms with van der Waals surface area (Å²) in [5.74, 6) is 1.44. The molecule has 0 amide bonds. The molecule has 0 aliphatic heterocycles. The first-order chi connectivity index (χ1) is 7.39. The van der Waals surface area contributed by atoms with E-state index in [0.717, 1.165) is 19.3 Å². The summed E-state index contributed by atoms with van der Waals surface area (Å²) < 4.78 is 14.0. The van der Waals surface area contributed by atoms with Gasteiger partial charge in [-0.05, 0) is 57.8 Å². The molecule has 1 saturated carbocycles. The van der Waals surface area contributed by atoms with Gasteiger partial charge in [-0.15, -0.1) is 0 Å². The molecule has 16 heavy (non-hydrogen) atoms. The van der Waals surface area contributed by atoms with Crippen molar-refractivity contribution in [2.75, 3.05) is 0 Å². The molecule has 0 N–H and O–H groups in total. The summed E-state index contributed by atoms with van der Waals surface area (Å²) >= 11 is 0. The summed E-state index contributed by atoms with van der Waals surface area (Å²) in [7, 11) is 0. The van der Waals surface area contributed by atoms with Crippen LogP contribution in [0, 0.1) is 17.8 Å². The van der Waals surface area contributed by atoms with Gasteiger partial charge in [-0.1, -0.05) is 30.2 Å². The van der Waals surface area contributed by atoms with Gasteiger partial charge in [0.1, 0.15) is 5.67 Å². The van der Waals surface area contributed by atoms with Gasteiger partial charge in [0.2, 0.25) is 0 Å². The molecular formula is C15H23F. The zero-order chi connectivity index (χ0) is 11.9. The highest BCUT2D eigenvalue weighted by Gasteiger charge is 2.38. The lowest BCUT2D eigenvalue weighted by atomic mass is 9.65. The molecular weight excluding hydrogens is 199 g/mol. The monoisotopic (exact) mass is 222 g/mol. The van der Waals surface area contributed by atoms with E-state index in [0.29, 0.717) is 11.8 Å². The molecule has 3 atom stereocenters. The van der Waals surface area contributed by atoms with Gasteiger partial charge in [-0.2, -0.15) is 0 Å². The van der Waals surface area contributed by atoms with Crippen LogP contribution < -0.4 is 0 Å². The van der Waals surface area contributed by atoms with Gasteiger partial charge in [-0.25, -0.2) is 4.39 Å². The van der Waals surface area contributed by atoms with Crippen molar-refractivity contribution in [1.82, 2.24) is 0 Å². The Balaban J connectivity index is 2.16. The summed E-state index contributed by atoms with van der Waals surface area (Å²) in [6.07, 6.45) is 7.67. The Morgan fingerprint density at radius 3 is 2.62 bits per heavy atom. The Bertz CT molecular complexity index is 330. The average Bonchev–Trinajstić information content (AvgIpc) is 2.22. The maximum Gasteiger partial charge on any atom is 0.108 e. The molecule has 90 valence electrons. The van der Waals surface area contributed by atoms with Crippen molar-refractivity contribution < 1.29 is 4.39 Å². The molecule has 0 bridgehead atoms. The molecule has 0 aromatic heterocycles. The van der Waals surface area contributed by atoms with Crippen molar-refractivity contribution >= 4 is 0 Å². The number of fused-ring (bicyclic) bond motifs is 1. The fourth-order valence-corrected chi connectivity index (χ4v) is 3.17. The molecule has 1 heteroatoms. The van der Waals surface area contributed by atoms with Gasteiger partial charge < -0.3 is 0 Å². The lowest BCUT2D eigenvalue weighted by Gasteiger charge is -2.41. The van der Waals surface area contributed by atoms with E-state index in [9.17, 15) is 4.39 Å². The number of hydrogen-bond acceptors (Lipinski definition) is 0. The molecule has 1 fully saturated rings. The molecule has 0 aromatic rings. The van der Waals surface area contributed by atoms with E-state index in [1.54, 1.807) is 19.4 Å². The first kappa shape index (κ1) is 11.9. The van der Waals surface area contributed by atoms with Crippen molar-refractivity contribution in [2.45, 2.75) is 52.6 Å². The van der Waals surface area contributed by atoms with E-state index in [2.05, 4.69) is 26.0 Å². The molecule has 0 spiro atoms. The average molecular weight is 222 g/mol. The smallest absolute Gasteiger partial charge is 0.108 e. The van der Waals surface area contributed by atoms with E-state index in [-0.39, 0.29) is 5.92 Å². The van der Waals surface area contributed by atoms with Crippen LogP contribution in [-0.2, 0) is 0 Å². The standard InChI is InChI=1S/C15H23F/c1-10-5-6-12-7-8-13(15(3,4)16)9-14(12)11(10)2/h5-6,11,13-14H,7-9H2,1-4H3. The second kappa shape index (κ2) is 4.01. The number of hydrogen-bond donors (Lipinski definition) is 0. The van der Waals surface area contributed by atoms with E-state index in [1.165, 1.54) is 5.57 Å². The fourth-order valence-electron chi connectivity index (χ4n) is 3.17. The van der Waals surface area contributed by atoms with Gasteiger partial charge in [0, 0.05) is 0 Å². The third kappa shape index (κ3) is 2.09. The summed E-state index contributed by atoms with van der Waals surface area (Å²) in [4.78, 5) is 0. The molecule has 0 saturated heterocycles. The van der Waals surface area contributed by atoms with Crippen LogP contribution in [0.3, 0.4) is 0 Å². The number of halogens is 1. The van der Waals surface area contributed by atoms with Crippen molar-refractivity contribution in [1.29, 1.82) is 0 Å². The van der Waals surface area contributed by atoms with Crippen molar-refractivity contribution in [3.8, 4) is 0 Å². The zero-order valence-corrected chi connectivity index (χ0v) is 10.9. The molecule has 2 rings (SSSR count). The predicted octanol–water partition coefficient (Wildman–Crippen LogP) is 4.67. The molecule has 3 unspecified atom stereocenters. The van der Waals surface area contributed by atoms with E-state index in [1.807, 2.05) is 0 Å². The van der Waals surface area contributed by atoms with Crippen LogP contribution in [-0.4, -0.2) is 5.67 Å². The van der Waals surface area contributed by atoms with Crippen LogP contribution in [0.1, 0.15) is 47.0 Å². The van der Waals surface area contributed by atoms with Gasteiger partial charge >= 0.3 is 0 Å². The Hall–Kier alpha value is -0.590. The van der Waals surface area contributed by atoms with Crippen molar-refractivity contribution in [2.24, 2.45) is 17.8 Å². The highest BCUT2D eigenvalue weighted by Crippen LogP contribution is 2.46.